The number of benzene rings is 1. The Hall–Kier alpha value is -4.35. The molecule has 0 atom stereocenters. The Morgan fingerprint density at radius 3 is 2.74 bits per heavy atom. The van der Waals surface area contributed by atoms with Gasteiger partial charge in [-0.1, -0.05) is 23.4 Å². The molecule has 12 heteroatoms. The summed E-state index contributed by atoms with van der Waals surface area (Å²) in [5, 5.41) is 17.8. The van der Waals surface area contributed by atoms with Crippen LogP contribution < -0.4 is 10.6 Å². The number of carbonyl (C=O) groups is 2. The third-order valence-electron chi connectivity index (χ3n) is 5.70. The number of aryl methyl sites for hydroxylation is 1. The van der Waals surface area contributed by atoms with E-state index in [4.69, 9.17) is 9.63 Å². The van der Waals surface area contributed by atoms with E-state index >= 15 is 0 Å². The van der Waals surface area contributed by atoms with Crippen LogP contribution in [0.25, 0.3) is 17.0 Å². The molecule has 0 radical (unpaired) electrons. The van der Waals surface area contributed by atoms with E-state index in [9.17, 15) is 18.4 Å². The maximum atomic E-state index is 13.6. The lowest BCUT2D eigenvalue weighted by molar-refractivity contribution is -0.143. The van der Waals surface area contributed by atoms with E-state index in [0.717, 1.165) is 5.56 Å². The molecule has 2 amide bonds. The topological polar surface area (TPSA) is 135 Å². The maximum absolute atomic E-state index is 13.6. The van der Waals surface area contributed by atoms with Crippen LogP contribution in [-0.2, 0) is 5.54 Å². The van der Waals surface area contributed by atoms with E-state index in [0.29, 0.717) is 22.6 Å². The smallest absolute Gasteiger partial charge is 0.405 e. The molecule has 0 aliphatic heterocycles. The number of carbonyl (C=O) groups excluding carboxylic acids is 1. The number of fused-ring (bicyclic) bond motifs is 1. The fourth-order valence-corrected chi connectivity index (χ4v) is 4.05. The number of nitrogens with one attached hydrogen (secondary N) is 2. The molecule has 3 N–H and O–H groups in total. The first-order valence-corrected chi connectivity index (χ1v) is 10.2. The van der Waals surface area contributed by atoms with Gasteiger partial charge in [0.25, 0.3) is 17.7 Å². The molecule has 0 spiro atoms. The molecule has 5 rings (SSSR count). The lowest BCUT2D eigenvalue weighted by Gasteiger charge is -2.43. The summed E-state index contributed by atoms with van der Waals surface area (Å²) >= 11 is 0. The highest BCUT2D eigenvalue weighted by Gasteiger charge is 2.61. The van der Waals surface area contributed by atoms with Gasteiger partial charge in [0.1, 0.15) is 16.9 Å². The second-order valence-electron chi connectivity index (χ2n) is 8.20. The molecule has 0 bridgehead atoms. The normalized spacial score (nSPS) is 16.1. The number of pyridine rings is 1. The molecule has 1 aromatic carbocycles. The maximum Gasteiger partial charge on any atom is 0.405 e. The predicted molar refractivity (Wildman–Crippen MR) is 115 cm³/mol. The molecule has 0 saturated heterocycles. The van der Waals surface area contributed by atoms with Gasteiger partial charge in [-0.15, -0.1) is 0 Å². The van der Waals surface area contributed by atoms with E-state index in [1.165, 1.54) is 6.20 Å². The Morgan fingerprint density at radius 1 is 1.21 bits per heavy atom. The van der Waals surface area contributed by atoms with Crippen LogP contribution in [0.2, 0.25) is 0 Å². The number of carboxylic acid groups (broad SMARTS) is 1. The van der Waals surface area contributed by atoms with Crippen LogP contribution in [0.4, 0.5) is 19.3 Å². The standard InChI is InChI=1S/C22H18F2N6O4/c1-12-5-6-13(8-14(12)26-18(31)15-9-25-16-4-2-3-7-30(15)16)17-27-19(34-29-17)21(28-20(32)33)10-22(23,24)11-21/h2-9,28H,10-11H2,1H3,(H,26,31)(H,32,33). The molecule has 3 heterocycles. The van der Waals surface area contributed by atoms with Gasteiger partial charge in [0, 0.05) is 30.3 Å². The summed E-state index contributed by atoms with van der Waals surface area (Å²) in [5.41, 5.74) is 1.01. The third kappa shape index (κ3) is 3.72. The average molecular weight is 468 g/mol. The second-order valence-corrected chi connectivity index (χ2v) is 8.20. The average Bonchev–Trinajstić information content (AvgIpc) is 3.41. The first-order chi connectivity index (χ1) is 16.2. The molecule has 1 aliphatic rings. The van der Waals surface area contributed by atoms with Gasteiger partial charge in [-0.3, -0.25) is 9.20 Å². The molecule has 1 fully saturated rings. The van der Waals surface area contributed by atoms with E-state index < -0.39 is 30.4 Å². The van der Waals surface area contributed by atoms with Crippen LogP contribution in [0.1, 0.15) is 34.8 Å². The van der Waals surface area contributed by atoms with Gasteiger partial charge >= 0.3 is 6.09 Å². The van der Waals surface area contributed by atoms with Crippen molar-refractivity contribution in [3.05, 3.63) is 65.9 Å². The number of amides is 2. The largest absolute Gasteiger partial charge is 0.465 e. The van der Waals surface area contributed by atoms with Gasteiger partial charge in [-0.05, 0) is 30.7 Å². The molecule has 4 aromatic rings. The van der Waals surface area contributed by atoms with Crippen LogP contribution in [-0.4, -0.2) is 42.6 Å². The van der Waals surface area contributed by atoms with E-state index in [-0.39, 0.29) is 17.6 Å². The van der Waals surface area contributed by atoms with Crippen LogP contribution in [0.15, 0.2) is 53.3 Å². The predicted octanol–water partition coefficient (Wildman–Crippen LogP) is 3.84. The molecule has 174 valence electrons. The van der Waals surface area contributed by atoms with Gasteiger partial charge in [0.2, 0.25) is 5.82 Å². The van der Waals surface area contributed by atoms with Crippen molar-refractivity contribution in [3.63, 3.8) is 0 Å². The lowest BCUT2D eigenvalue weighted by Crippen LogP contribution is -2.59. The van der Waals surface area contributed by atoms with Crippen LogP contribution in [0, 0.1) is 6.92 Å². The summed E-state index contributed by atoms with van der Waals surface area (Å²) < 4.78 is 33.9. The van der Waals surface area contributed by atoms with Gasteiger partial charge in [-0.25, -0.2) is 18.6 Å². The monoisotopic (exact) mass is 468 g/mol. The quantitative estimate of drug-likeness (QED) is 0.405. The summed E-state index contributed by atoms with van der Waals surface area (Å²) in [4.78, 5) is 32.4. The molecule has 1 aliphatic carbocycles. The van der Waals surface area contributed by atoms with Crippen molar-refractivity contribution in [2.45, 2.75) is 31.2 Å². The minimum atomic E-state index is -3.03. The Morgan fingerprint density at radius 2 is 2.00 bits per heavy atom. The number of alkyl halides is 2. The van der Waals surface area contributed by atoms with Crippen molar-refractivity contribution in [1.29, 1.82) is 0 Å². The van der Waals surface area contributed by atoms with Crippen molar-refractivity contribution >= 4 is 23.3 Å². The Balaban J connectivity index is 1.42. The fraction of sp³-hybridized carbons (Fsp3) is 0.227. The zero-order chi connectivity index (χ0) is 24.1. The van der Waals surface area contributed by atoms with Gasteiger partial charge in [0.05, 0.1) is 6.20 Å². The Labute approximate surface area is 190 Å². The zero-order valence-corrected chi connectivity index (χ0v) is 17.7. The number of aromatic nitrogens is 4. The summed E-state index contributed by atoms with van der Waals surface area (Å²) in [6.45, 7) is 1.80. The molecule has 1 saturated carbocycles. The van der Waals surface area contributed by atoms with Gasteiger partial charge < -0.3 is 20.3 Å². The molecule has 10 nitrogen and oxygen atoms in total. The molecular formula is C22H18F2N6O4. The highest BCUT2D eigenvalue weighted by molar-refractivity contribution is 6.04. The van der Waals surface area contributed by atoms with Crippen molar-refractivity contribution in [2.75, 3.05) is 5.32 Å². The SMILES string of the molecule is Cc1ccc(-c2noc(C3(NC(=O)O)CC(F)(F)C3)n2)cc1NC(=O)c1cnc2ccccn12. The molecule has 0 unspecified atom stereocenters. The van der Waals surface area contributed by atoms with Crippen molar-refractivity contribution in [2.24, 2.45) is 0 Å². The number of hydrogen-bond donors (Lipinski definition) is 3. The van der Waals surface area contributed by atoms with Crippen LogP contribution in [0.5, 0.6) is 0 Å². The number of rotatable bonds is 5. The van der Waals surface area contributed by atoms with Gasteiger partial charge in [0.15, 0.2) is 0 Å². The zero-order valence-electron chi connectivity index (χ0n) is 17.7. The number of halogens is 2. The van der Waals surface area contributed by atoms with Gasteiger partial charge in [-0.2, -0.15) is 4.98 Å². The first kappa shape index (κ1) is 21.5. The number of anilines is 1. The van der Waals surface area contributed by atoms with Crippen molar-refractivity contribution in [1.82, 2.24) is 24.8 Å². The third-order valence-corrected chi connectivity index (χ3v) is 5.70. The number of hydrogen-bond acceptors (Lipinski definition) is 6. The molecule has 34 heavy (non-hydrogen) atoms. The first-order valence-electron chi connectivity index (χ1n) is 10.2. The Bertz CT molecular complexity index is 1420. The summed E-state index contributed by atoms with van der Waals surface area (Å²) in [5.74, 6) is -3.58. The van der Waals surface area contributed by atoms with Crippen molar-refractivity contribution < 1.29 is 28.0 Å². The minimum absolute atomic E-state index is 0.0714. The second kappa shape index (κ2) is 7.61. The molecular weight excluding hydrogens is 450 g/mol. The number of imidazole rings is 1. The minimum Gasteiger partial charge on any atom is -0.465 e. The Kier molecular flexibility index (Phi) is 4.81. The van der Waals surface area contributed by atoms with Crippen molar-refractivity contribution in [3.8, 4) is 11.4 Å². The summed E-state index contributed by atoms with van der Waals surface area (Å²) in [6.07, 6.45) is 0.179. The highest BCUT2D eigenvalue weighted by Crippen LogP contribution is 2.51. The van der Waals surface area contributed by atoms with E-state index in [1.54, 1.807) is 47.9 Å². The molecule has 3 aromatic heterocycles. The summed E-state index contributed by atoms with van der Waals surface area (Å²) in [7, 11) is 0. The number of nitrogens with zero attached hydrogens (tertiary/aromatic N) is 4. The highest BCUT2D eigenvalue weighted by atomic mass is 19.3. The van der Waals surface area contributed by atoms with E-state index in [1.807, 2.05) is 6.07 Å². The van der Waals surface area contributed by atoms with E-state index in [2.05, 4.69) is 25.8 Å². The fourth-order valence-electron chi connectivity index (χ4n) is 4.05. The van der Waals surface area contributed by atoms with Crippen LogP contribution >= 0.6 is 0 Å². The summed E-state index contributed by atoms with van der Waals surface area (Å²) in [6, 6.07) is 10.4. The lowest BCUT2D eigenvalue weighted by atomic mass is 9.73. The van der Waals surface area contributed by atoms with Crippen LogP contribution in [0.3, 0.4) is 0 Å².